The minimum atomic E-state index is -0.260. The van der Waals surface area contributed by atoms with Crippen molar-refractivity contribution in [2.24, 2.45) is 5.73 Å². The van der Waals surface area contributed by atoms with Crippen molar-refractivity contribution in [2.45, 2.75) is 18.9 Å². The summed E-state index contributed by atoms with van der Waals surface area (Å²) < 4.78 is 13.1. The molecule has 16 heavy (non-hydrogen) atoms. The molecule has 1 atom stereocenters. The molecule has 1 aliphatic rings. The first-order valence-electron chi connectivity index (χ1n) is 5.47. The van der Waals surface area contributed by atoms with Crippen LogP contribution >= 0.6 is 0 Å². The first kappa shape index (κ1) is 11.1. The van der Waals surface area contributed by atoms with Crippen LogP contribution in [0.5, 0.6) is 0 Å². The van der Waals surface area contributed by atoms with E-state index >= 15 is 0 Å². The van der Waals surface area contributed by atoms with Gasteiger partial charge in [0.05, 0.1) is 12.6 Å². The maximum atomic E-state index is 13.1. The predicted octanol–water partition coefficient (Wildman–Crippen LogP) is 1.45. The summed E-state index contributed by atoms with van der Waals surface area (Å²) >= 11 is 0. The molecule has 0 aromatic heterocycles. The first-order chi connectivity index (χ1) is 7.72. The van der Waals surface area contributed by atoms with E-state index in [1.165, 1.54) is 12.1 Å². The first-order valence-corrected chi connectivity index (χ1v) is 5.47. The van der Waals surface area contributed by atoms with Gasteiger partial charge in [-0.25, -0.2) is 4.39 Å². The van der Waals surface area contributed by atoms with Crippen molar-refractivity contribution in [2.75, 3.05) is 13.1 Å². The summed E-state index contributed by atoms with van der Waals surface area (Å²) in [4.78, 5) is 13.3. The third kappa shape index (κ3) is 2.07. The number of rotatable bonds is 2. The van der Waals surface area contributed by atoms with Crippen LogP contribution in [0.2, 0.25) is 0 Å². The number of hydrogen-bond acceptors (Lipinski definition) is 2. The van der Waals surface area contributed by atoms with E-state index in [4.69, 9.17) is 5.73 Å². The molecule has 1 heterocycles. The fraction of sp³-hybridized carbons (Fsp3) is 0.417. The average molecular weight is 222 g/mol. The molecule has 0 spiro atoms. The number of carbonyl (C=O) groups is 1. The second-order valence-electron chi connectivity index (χ2n) is 4.00. The smallest absolute Gasteiger partial charge is 0.236 e. The number of nitrogens with two attached hydrogens (primary N) is 1. The fourth-order valence-corrected chi connectivity index (χ4v) is 2.24. The molecule has 2 N–H and O–H groups in total. The van der Waals surface area contributed by atoms with Crippen LogP contribution in [0.25, 0.3) is 0 Å². The monoisotopic (exact) mass is 222 g/mol. The highest BCUT2D eigenvalue weighted by atomic mass is 19.1. The van der Waals surface area contributed by atoms with Gasteiger partial charge in [-0.1, -0.05) is 12.1 Å². The summed E-state index contributed by atoms with van der Waals surface area (Å²) in [5, 5.41) is 0. The average Bonchev–Trinajstić information content (AvgIpc) is 2.77. The van der Waals surface area contributed by atoms with E-state index in [9.17, 15) is 9.18 Å². The SMILES string of the molecule is NCC(=O)N1CCCC1c1cccc(F)c1. The predicted molar refractivity (Wildman–Crippen MR) is 59.1 cm³/mol. The molecule has 2 rings (SSSR count). The van der Waals surface area contributed by atoms with Crippen LogP contribution in [0.3, 0.4) is 0 Å². The number of benzene rings is 1. The van der Waals surface area contributed by atoms with Crippen LogP contribution in [0.15, 0.2) is 24.3 Å². The number of likely N-dealkylation sites (tertiary alicyclic amines) is 1. The van der Waals surface area contributed by atoms with Crippen molar-refractivity contribution in [1.82, 2.24) is 4.90 Å². The zero-order valence-corrected chi connectivity index (χ0v) is 9.03. The van der Waals surface area contributed by atoms with Crippen LogP contribution in [-0.2, 0) is 4.79 Å². The third-order valence-electron chi connectivity index (χ3n) is 2.98. The molecule has 86 valence electrons. The molecule has 0 bridgehead atoms. The summed E-state index contributed by atoms with van der Waals surface area (Å²) in [6, 6.07) is 6.43. The molecule has 0 radical (unpaired) electrons. The molecule has 0 aliphatic carbocycles. The highest BCUT2D eigenvalue weighted by molar-refractivity contribution is 5.78. The highest BCUT2D eigenvalue weighted by Gasteiger charge is 2.29. The van der Waals surface area contributed by atoms with Gasteiger partial charge in [0.25, 0.3) is 0 Å². The van der Waals surface area contributed by atoms with Crippen molar-refractivity contribution < 1.29 is 9.18 Å². The van der Waals surface area contributed by atoms with E-state index in [-0.39, 0.29) is 24.3 Å². The van der Waals surface area contributed by atoms with Gasteiger partial charge in [-0.3, -0.25) is 4.79 Å². The molecule has 1 aromatic carbocycles. The van der Waals surface area contributed by atoms with Crippen molar-refractivity contribution in [3.05, 3.63) is 35.6 Å². The van der Waals surface area contributed by atoms with Crippen LogP contribution < -0.4 is 5.73 Å². The Balaban J connectivity index is 2.23. The number of halogens is 1. The fourth-order valence-electron chi connectivity index (χ4n) is 2.24. The van der Waals surface area contributed by atoms with Gasteiger partial charge in [0, 0.05) is 6.54 Å². The topological polar surface area (TPSA) is 46.3 Å². The van der Waals surface area contributed by atoms with Crippen molar-refractivity contribution in [3.8, 4) is 0 Å². The van der Waals surface area contributed by atoms with Gasteiger partial charge in [-0.2, -0.15) is 0 Å². The summed E-state index contributed by atoms with van der Waals surface area (Å²) in [7, 11) is 0. The molecule has 0 saturated carbocycles. The van der Waals surface area contributed by atoms with Gasteiger partial charge in [-0.15, -0.1) is 0 Å². The molecule has 1 amide bonds. The van der Waals surface area contributed by atoms with Gasteiger partial charge < -0.3 is 10.6 Å². The Kier molecular flexibility index (Phi) is 3.19. The second-order valence-corrected chi connectivity index (χ2v) is 4.00. The summed E-state index contributed by atoms with van der Waals surface area (Å²) in [5.74, 6) is -0.323. The molecule has 1 fully saturated rings. The van der Waals surface area contributed by atoms with Crippen LogP contribution in [0.1, 0.15) is 24.4 Å². The Morgan fingerprint density at radius 2 is 2.38 bits per heavy atom. The van der Waals surface area contributed by atoms with E-state index in [1.54, 1.807) is 11.0 Å². The van der Waals surface area contributed by atoms with E-state index < -0.39 is 0 Å². The van der Waals surface area contributed by atoms with Gasteiger partial charge in [-0.05, 0) is 30.5 Å². The largest absolute Gasteiger partial charge is 0.335 e. The molecule has 3 nitrogen and oxygen atoms in total. The summed E-state index contributed by atoms with van der Waals surface area (Å²) in [6.07, 6.45) is 1.84. The van der Waals surface area contributed by atoms with Crippen molar-refractivity contribution in [3.63, 3.8) is 0 Å². The van der Waals surface area contributed by atoms with Gasteiger partial charge >= 0.3 is 0 Å². The third-order valence-corrected chi connectivity index (χ3v) is 2.98. The Morgan fingerprint density at radius 3 is 3.06 bits per heavy atom. The maximum absolute atomic E-state index is 13.1. The van der Waals surface area contributed by atoms with Crippen LogP contribution in [0.4, 0.5) is 4.39 Å². The second kappa shape index (κ2) is 4.61. The number of nitrogens with zero attached hydrogens (tertiary/aromatic N) is 1. The lowest BCUT2D eigenvalue weighted by Crippen LogP contribution is -2.35. The molecule has 4 heteroatoms. The summed E-state index contributed by atoms with van der Waals surface area (Å²) in [6.45, 7) is 0.739. The highest BCUT2D eigenvalue weighted by Crippen LogP contribution is 2.31. The Bertz CT molecular complexity index is 394. The lowest BCUT2D eigenvalue weighted by atomic mass is 10.0. The molecule has 1 unspecified atom stereocenters. The Morgan fingerprint density at radius 1 is 1.56 bits per heavy atom. The van der Waals surface area contributed by atoms with E-state index in [2.05, 4.69) is 0 Å². The molecule has 1 aromatic rings. The Hall–Kier alpha value is -1.42. The van der Waals surface area contributed by atoms with E-state index in [1.807, 2.05) is 6.07 Å². The minimum absolute atomic E-state index is 0.00764. The molecule has 1 aliphatic heterocycles. The standard InChI is InChI=1S/C12H15FN2O/c13-10-4-1-3-9(7-10)11-5-2-6-15(11)12(16)8-14/h1,3-4,7,11H,2,5-6,8,14H2. The Labute approximate surface area is 94.0 Å². The number of hydrogen-bond donors (Lipinski definition) is 1. The van der Waals surface area contributed by atoms with Gasteiger partial charge in [0.1, 0.15) is 5.82 Å². The minimum Gasteiger partial charge on any atom is -0.335 e. The molecule has 1 saturated heterocycles. The number of carbonyl (C=O) groups excluding carboxylic acids is 1. The lowest BCUT2D eigenvalue weighted by molar-refractivity contribution is -0.130. The van der Waals surface area contributed by atoms with E-state index in [0.29, 0.717) is 0 Å². The van der Waals surface area contributed by atoms with Crippen LogP contribution in [0, 0.1) is 5.82 Å². The van der Waals surface area contributed by atoms with Crippen LogP contribution in [-0.4, -0.2) is 23.9 Å². The quantitative estimate of drug-likeness (QED) is 0.823. The number of amides is 1. The lowest BCUT2D eigenvalue weighted by Gasteiger charge is -2.24. The molecular formula is C12H15FN2O. The molecular weight excluding hydrogens is 207 g/mol. The maximum Gasteiger partial charge on any atom is 0.236 e. The van der Waals surface area contributed by atoms with Crippen molar-refractivity contribution in [1.29, 1.82) is 0 Å². The zero-order valence-electron chi connectivity index (χ0n) is 9.03. The van der Waals surface area contributed by atoms with E-state index in [0.717, 1.165) is 24.9 Å². The normalized spacial score (nSPS) is 20.1. The zero-order chi connectivity index (χ0) is 11.5. The van der Waals surface area contributed by atoms with Gasteiger partial charge in [0.15, 0.2) is 0 Å². The van der Waals surface area contributed by atoms with Crippen molar-refractivity contribution >= 4 is 5.91 Å². The summed E-state index contributed by atoms with van der Waals surface area (Å²) in [5.41, 5.74) is 6.22. The van der Waals surface area contributed by atoms with Gasteiger partial charge in [0.2, 0.25) is 5.91 Å².